The summed E-state index contributed by atoms with van der Waals surface area (Å²) in [5, 5.41) is 0. The number of aryl methyl sites for hydroxylation is 1. The molecule has 5 aromatic rings. The predicted molar refractivity (Wildman–Crippen MR) is 191 cm³/mol. The number of hydrogen-bond acceptors (Lipinski definition) is 2. The van der Waals surface area contributed by atoms with Gasteiger partial charge in [0.1, 0.15) is 0 Å². The van der Waals surface area contributed by atoms with Gasteiger partial charge in [-0.05, 0) is 107 Å². The van der Waals surface area contributed by atoms with E-state index in [1.807, 2.05) is 0 Å². The molecule has 45 heavy (non-hydrogen) atoms. The molecule has 0 spiro atoms. The predicted octanol–water partition coefficient (Wildman–Crippen LogP) is 8.66. The number of benzene rings is 5. The van der Waals surface area contributed by atoms with E-state index in [4.69, 9.17) is 0 Å². The van der Waals surface area contributed by atoms with Gasteiger partial charge in [0.05, 0.1) is 5.54 Å². The van der Waals surface area contributed by atoms with Crippen molar-refractivity contribution < 1.29 is 0 Å². The highest BCUT2D eigenvalue weighted by Gasteiger charge is 2.61. The van der Waals surface area contributed by atoms with Crippen LogP contribution in [0.25, 0.3) is 11.1 Å². The zero-order chi connectivity index (χ0) is 30.5. The highest BCUT2D eigenvalue weighted by molar-refractivity contribution is 7.00. The van der Waals surface area contributed by atoms with E-state index >= 15 is 0 Å². The first kappa shape index (κ1) is 26.0. The van der Waals surface area contributed by atoms with Crippen molar-refractivity contribution in [2.24, 2.45) is 0 Å². The maximum Gasteiger partial charge on any atom is 0.252 e. The molecule has 2 nitrogen and oxygen atoms in total. The SMILES string of the molecule is Cc1cc2c3c(c1)N1c4c(cccc4C4(C)CCCCC14C)B3c1cc3c(cc1N2c1ccccc1)C(C)(C)c1ccccc1-3. The molecular weight excluding hydrogens is 543 g/mol. The van der Waals surface area contributed by atoms with Gasteiger partial charge in [0, 0.05) is 39.3 Å². The Hall–Kier alpha value is -4.24. The van der Waals surface area contributed by atoms with Gasteiger partial charge in [0.2, 0.25) is 0 Å². The van der Waals surface area contributed by atoms with Crippen LogP contribution in [0, 0.1) is 6.92 Å². The van der Waals surface area contributed by atoms with Gasteiger partial charge in [0.25, 0.3) is 6.71 Å². The van der Waals surface area contributed by atoms with Crippen LogP contribution < -0.4 is 26.2 Å². The number of para-hydroxylation sites is 2. The molecule has 2 aliphatic carbocycles. The molecule has 0 amide bonds. The summed E-state index contributed by atoms with van der Waals surface area (Å²) in [4.78, 5) is 5.42. The summed E-state index contributed by atoms with van der Waals surface area (Å²) in [5.74, 6) is 0. The van der Waals surface area contributed by atoms with E-state index in [0.717, 1.165) is 0 Å². The normalized spacial score (nSPS) is 24.0. The molecule has 1 saturated carbocycles. The Labute approximate surface area is 267 Å². The third-order valence-corrected chi connectivity index (χ3v) is 12.8. The highest BCUT2D eigenvalue weighted by Crippen LogP contribution is 2.62. The highest BCUT2D eigenvalue weighted by atomic mass is 15.3. The van der Waals surface area contributed by atoms with Crippen molar-refractivity contribution in [1.29, 1.82) is 0 Å². The van der Waals surface area contributed by atoms with Crippen molar-refractivity contribution in [1.82, 2.24) is 0 Å². The van der Waals surface area contributed by atoms with E-state index in [-0.39, 0.29) is 23.1 Å². The van der Waals surface area contributed by atoms with E-state index in [1.165, 1.54) is 98.3 Å². The smallest absolute Gasteiger partial charge is 0.252 e. The summed E-state index contributed by atoms with van der Waals surface area (Å²) in [7, 11) is 0. The fraction of sp³-hybridized carbons (Fsp3) is 0.286. The summed E-state index contributed by atoms with van der Waals surface area (Å²) in [6.45, 7) is 12.4. The molecular formula is C42H39BN2. The lowest BCUT2D eigenvalue weighted by Gasteiger charge is -2.53. The topological polar surface area (TPSA) is 6.48 Å². The minimum atomic E-state index is -0.0579. The van der Waals surface area contributed by atoms with Gasteiger partial charge < -0.3 is 9.80 Å². The Morgan fingerprint density at radius 1 is 0.622 bits per heavy atom. The van der Waals surface area contributed by atoms with E-state index in [9.17, 15) is 0 Å². The number of anilines is 5. The van der Waals surface area contributed by atoms with Crippen molar-refractivity contribution in [3.05, 3.63) is 119 Å². The molecule has 220 valence electrons. The number of fused-ring (bicyclic) bond motifs is 10. The zero-order valence-corrected chi connectivity index (χ0v) is 27.0. The monoisotopic (exact) mass is 582 g/mol. The van der Waals surface area contributed by atoms with Crippen molar-refractivity contribution in [2.45, 2.75) is 76.7 Å². The van der Waals surface area contributed by atoms with Gasteiger partial charge in [0.15, 0.2) is 0 Å². The molecule has 2 atom stereocenters. The Bertz CT molecular complexity index is 2110. The molecule has 3 heteroatoms. The summed E-state index contributed by atoms with van der Waals surface area (Å²) in [6.07, 6.45) is 5.08. The molecule has 1 fully saturated rings. The lowest BCUT2D eigenvalue weighted by molar-refractivity contribution is 0.195. The maximum atomic E-state index is 2.83. The van der Waals surface area contributed by atoms with Gasteiger partial charge >= 0.3 is 0 Å². The van der Waals surface area contributed by atoms with Crippen LogP contribution in [0.15, 0.2) is 97.1 Å². The number of nitrogens with zero attached hydrogens (tertiary/aromatic N) is 2. The molecule has 0 saturated heterocycles. The first-order valence-electron chi connectivity index (χ1n) is 17.0. The average Bonchev–Trinajstić information content (AvgIpc) is 3.40. The third-order valence-electron chi connectivity index (χ3n) is 12.8. The minimum Gasteiger partial charge on any atom is -0.335 e. The Morgan fingerprint density at radius 3 is 2.20 bits per heavy atom. The molecule has 3 aliphatic heterocycles. The molecule has 0 N–H and O–H groups in total. The second-order valence-corrected chi connectivity index (χ2v) is 15.3. The van der Waals surface area contributed by atoms with Crippen LogP contribution >= 0.6 is 0 Å². The maximum absolute atomic E-state index is 2.83. The van der Waals surface area contributed by atoms with Crippen LogP contribution in [0.3, 0.4) is 0 Å². The molecule has 0 bridgehead atoms. The summed E-state index contributed by atoms with van der Waals surface area (Å²) in [5.41, 5.74) is 19.9. The largest absolute Gasteiger partial charge is 0.335 e. The third kappa shape index (κ3) is 2.95. The molecule has 2 unspecified atom stereocenters. The number of rotatable bonds is 1. The first-order chi connectivity index (χ1) is 21.7. The van der Waals surface area contributed by atoms with Gasteiger partial charge in [-0.3, -0.25) is 0 Å². The van der Waals surface area contributed by atoms with E-state index in [2.05, 4.69) is 141 Å². The van der Waals surface area contributed by atoms with Gasteiger partial charge in [-0.25, -0.2) is 0 Å². The Balaban J connectivity index is 1.35. The molecule has 0 aromatic heterocycles. The fourth-order valence-corrected chi connectivity index (χ4v) is 10.5. The first-order valence-corrected chi connectivity index (χ1v) is 17.0. The van der Waals surface area contributed by atoms with E-state index < -0.39 is 0 Å². The van der Waals surface area contributed by atoms with E-state index in [1.54, 1.807) is 5.56 Å². The van der Waals surface area contributed by atoms with Crippen molar-refractivity contribution >= 4 is 51.5 Å². The summed E-state index contributed by atoms with van der Waals surface area (Å²) >= 11 is 0. The lowest BCUT2D eigenvalue weighted by Crippen LogP contribution is -2.64. The van der Waals surface area contributed by atoms with E-state index in [0.29, 0.717) is 0 Å². The van der Waals surface area contributed by atoms with Crippen LogP contribution in [0.4, 0.5) is 28.4 Å². The van der Waals surface area contributed by atoms with Crippen LogP contribution in [0.2, 0.25) is 0 Å². The van der Waals surface area contributed by atoms with Crippen LogP contribution in [-0.2, 0) is 10.8 Å². The second kappa shape index (κ2) is 8.32. The summed E-state index contributed by atoms with van der Waals surface area (Å²) in [6, 6.07) is 37.6. The van der Waals surface area contributed by atoms with Crippen molar-refractivity contribution in [3.8, 4) is 11.1 Å². The lowest BCUT2D eigenvalue weighted by atomic mass is 9.33. The van der Waals surface area contributed by atoms with Gasteiger partial charge in [-0.1, -0.05) is 100 Å². The van der Waals surface area contributed by atoms with Crippen LogP contribution in [0.5, 0.6) is 0 Å². The average molecular weight is 583 g/mol. The Kier molecular flexibility index (Phi) is 4.81. The summed E-state index contributed by atoms with van der Waals surface area (Å²) < 4.78 is 0. The molecule has 0 radical (unpaired) electrons. The van der Waals surface area contributed by atoms with Crippen LogP contribution in [0.1, 0.15) is 75.6 Å². The fourth-order valence-electron chi connectivity index (χ4n) is 10.5. The number of hydrogen-bond donors (Lipinski definition) is 0. The molecule has 3 heterocycles. The van der Waals surface area contributed by atoms with Crippen LogP contribution in [-0.4, -0.2) is 12.3 Å². The standard InChI is InChI=1S/C42H39BN2/c1-26-22-36-38-37(23-26)45-39-31(41(4)20-11-12-21-42(41,45)5)18-13-19-33(39)43(38)34-24-29-28-16-9-10-17-30(28)40(2,3)32(29)25-35(34)44(36)27-14-7-6-8-15-27/h6-10,13-19,22-25H,11-12,20-21H2,1-5H3. The quantitative estimate of drug-likeness (QED) is 0.179. The van der Waals surface area contributed by atoms with Gasteiger partial charge in [-0.15, -0.1) is 0 Å². The molecule has 10 rings (SSSR count). The van der Waals surface area contributed by atoms with Crippen molar-refractivity contribution in [3.63, 3.8) is 0 Å². The molecule has 5 aliphatic rings. The van der Waals surface area contributed by atoms with Crippen molar-refractivity contribution in [2.75, 3.05) is 9.80 Å². The zero-order valence-electron chi connectivity index (χ0n) is 27.0. The molecule has 5 aromatic carbocycles. The Morgan fingerprint density at radius 2 is 1.36 bits per heavy atom. The van der Waals surface area contributed by atoms with Gasteiger partial charge in [-0.2, -0.15) is 0 Å². The second-order valence-electron chi connectivity index (χ2n) is 15.3. The minimum absolute atomic E-state index is 0.0506.